The lowest BCUT2D eigenvalue weighted by molar-refractivity contribution is 0.0694. The van der Waals surface area contributed by atoms with Crippen LogP contribution in [0.25, 0.3) is 10.9 Å². The molecule has 0 unspecified atom stereocenters. The van der Waals surface area contributed by atoms with Crippen LogP contribution in [0.4, 0.5) is 16.0 Å². The first-order valence-electron chi connectivity index (χ1n) is 11.7. The van der Waals surface area contributed by atoms with Crippen molar-refractivity contribution in [1.82, 2.24) is 20.6 Å². The van der Waals surface area contributed by atoms with E-state index >= 15 is 0 Å². The second-order valence-corrected chi connectivity index (χ2v) is 8.63. The normalized spacial score (nSPS) is 17.4. The minimum Gasteiger partial charge on any atom is -0.488 e. The van der Waals surface area contributed by atoms with Gasteiger partial charge in [-0.3, -0.25) is 4.79 Å². The number of rotatable bonds is 6. The molecule has 2 aromatic carbocycles. The van der Waals surface area contributed by atoms with E-state index < -0.39 is 11.7 Å². The maximum atomic E-state index is 14.7. The molecule has 2 aliphatic heterocycles. The molecule has 2 fully saturated rings. The van der Waals surface area contributed by atoms with Gasteiger partial charge >= 0.3 is 0 Å². The van der Waals surface area contributed by atoms with Crippen molar-refractivity contribution in [3.8, 4) is 5.75 Å². The van der Waals surface area contributed by atoms with E-state index in [1.54, 1.807) is 12.3 Å². The Hall–Kier alpha value is -3.30. The predicted molar refractivity (Wildman–Crippen MR) is 127 cm³/mol. The lowest BCUT2D eigenvalue weighted by atomic mass is 10.1. The number of carbonyl (C=O) groups excluding carboxylic acids is 1. The second kappa shape index (κ2) is 10.3. The van der Waals surface area contributed by atoms with Crippen molar-refractivity contribution in [2.45, 2.75) is 37.8 Å². The summed E-state index contributed by atoms with van der Waals surface area (Å²) in [6.07, 6.45) is 5.21. The van der Waals surface area contributed by atoms with E-state index in [0.717, 1.165) is 44.2 Å². The van der Waals surface area contributed by atoms with Gasteiger partial charge in [-0.2, -0.15) is 0 Å². The number of piperidine rings is 1. The summed E-state index contributed by atoms with van der Waals surface area (Å²) >= 11 is 0. The lowest BCUT2D eigenvalue weighted by Gasteiger charge is -2.24. The number of carbonyl (C=O) groups is 1. The topological polar surface area (TPSA) is 97.4 Å². The van der Waals surface area contributed by atoms with Crippen LogP contribution in [0.5, 0.6) is 5.75 Å². The third-order valence-corrected chi connectivity index (χ3v) is 6.18. The zero-order valence-corrected chi connectivity index (χ0v) is 18.9. The third-order valence-electron chi connectivity index (χ3n) is 6.18. The van der Waals surface area contributed by atoms with E-state index in [9.17, 15) is 9.18 Å². The molecule has 3 heterocycles. The Labute approximate surface area is 197 Å². The number of benzene rings is 2. The standard InChI is InChI=1S/C25H28FN5O3/c26-21-14-18(4-5-20(21)24(32)29-17-8-12-33-13-9-17)30-25-28-15-16-2-1-3-22(23(16)31-25)34-19-6-10-27-11-7-19/h1-5,14-15,17,19,27H,6-13H2,(H,29,32)(H,28,30,31). The summed E-state index contributed by atoms with van der Waals surface area (Å²) in [5.74, 6) is 0.0108. The minimum absolute atomic E-state index is 0.00531. The Kier molecular flexibility index (Phi) is 6.82. The van der Waals surface area contributed by atoms with Crippen LogP contribution in [0.2, 0.25) is 0 Å². The minimum atomic E-state index is -0.606. The number of aromatic nitrogens is 2. The van der Waals surface area contributed by atoms with E-state index in [1.165, 1.54) is 12.1 Å². The van der Waals surface area contributed by atoms with Gasteiger partial charge in [-0.05, 0) is 63.0 Å². The molecule has 1 amide bonds. The number of nitrogens with one attached hydrogen (secondary N) is 3. The van der Waals surface area contributed by atoms with Crippen molar-refractivity contribution in [3.63, 3.8) is 0 Å². The fourth-order valence-corrected chi connectivity index (χ4v) is 4.29. The number of anilines is 2. The molecule has 34 heavy (non-hydrogen) atoms. The summed E-state index contributed by atoms with van der Waals surface area (Å²) in [4.78, 5) is 21.5. The molecule has 9 heteroatoms. The highest BCUT2D eigenvalue weighted by atomic mass is 19.1. The highest BCUT2D eigenvalue weighted by Gasteiger charge is 2.20. The second-order valence-electron chi connectivity index (χ2n) is 8.63. The quantitative estimate of drug-likeness (QED) is 0.512. The summed E-state index contributed by atoms with van der Waals surface area (Å²) in [5, 5.41) is 10.1. The number of fused-ring (bicyclic) bond motifs is 1. The maximum absolute atomic E-state index is 14.7. The van der Waals surface area contributed by atoms with Crippen LogP contribution in [-0.4, -0.2) is 54.3 Å². The predicted octanol–water partition coefficient (Wildman–Crippen LogP) is 3.55. The van der Waals surface area contributed by atoms with Gasteiger partial charge in [-0.1, -0.05) is 12.1 Å². The summed E-state index contributed by atoms with van der Waals surface area (Å²) in [7, 11) is 0. The molecule has 0 saturated carbocycles. The molecule has 0 bridgehead atoms. The first kappa shape index (κ1) is 22.5. The van der Waals surface area contributed by atoms with Gasteiger partial charge in [0.1, 0.15) is 23.2 Å². The van der Waals surface area contributed by atoms with Gasteiger partial charge in [0.15, 0.2) is 0 Å². The first-order chi connectivity index (χ1) is 16.7. The highest BCUT2D eigenvalue weighted by Crippen LogP contribution is 2.27. The summed E-state index contributed by atoms with van der Waals surface area (Å²) in [6, 6.07) is 10.2. The van der Waals surface area contributed by atoms with Gasteiger partial charge in [0, 0.05) is 36.5 Å². The van der Waals surface area contributed by atoms with E-state index in [-0.39, 0.29) is 17.7 Å². The molecule has 8 nitrogen and oxygen atoms in total. The molecule has 3 N–H and O–H groups in total. The Morgan fingerprint density at radius 3 is 2.74 bits per heavy atom. The Balaban J connectivity index is 1.31. The molecule has 0 aliphatic carbocycles. The number of ether oxygens (including phenoxy) is 2. The average molecular weight is 466 g/mol. The van der Waals surface area contributed by atoms with Gasteiger partial charge in [0.25, 0.3) is 5.91 Å². The number of para-hydroxylation sites is 1. The summed E-state index contributed by atoms with van der Waals surface area (Å²) < 4.78 is 26.3. The summed E-state index contributed by atoms with van der Waals surface area (Å²) in [6.45, 7) is 3.08. The van der Waals surface area contributed by atoms with E-state index in [1.807, 2.05) is 18.2 Å². The van der Waals surface area contributed by atoms with Crippen LogP contribution < -0.4 is 20.7 Å². The Morgan fingerprint density at radius 2 is 1.94 bits per heavy atom. The zero-order chi connectivity index (χ0) is 23.3. The van der Waals surface area contributed by atoms with Crippen molar-refractivity contribution in [3.05, 3.63) is 54.0 Å². The van der Waals surface area contributed by atoms with Crippen LogP contribution in [0.1, 0.15) is 36.0 Å². The van der Waals surface area contributed by atoms with Crippen molar-refractivity contribution in [1.29, 1.82) is 0 Å². The number of halogens is 1. The highest BCUT2D eigenvalue weighted by molar-refractivity contribution is 5.95. The van der Waals surface area contributed by atoms with Crippen molar-refractivity contribution in [2.24, 2.45) is 0 Å². The Bertz CT molecular complexity index is 1160. The fraction of sp³-hybridized carbons (Fsp3) is 0.400. The molecule has 0 radical (unpaired) electrons. The van der Waals surface area contributed by atoms with Crippen LogP contribution in [0, 0.1) is 5.82 Å². The number of amides is 1. The molecule has 3 aromatic rings. The van der Waals surface area contributed by atoms with E-state index in [0.29, 0.717) is 36.1 Å². The SMILES string of the molecule is O=C(NC1CCOCC1)c1ccc(Nc2ncc3cccc(OC4CCNCC4)c3n2)cc1F. The molecule has 178 valence electrons. The molecule has 5 rings (SSSR count). The van der Waals surface area contributed by atoms with Crippen molar-refractivity contribution in [2.75, 3.05) is 31.6 Å². The molecule has 2 saturated heterocycles. The van der Waals surface area contributed by atoms with E-state index in [2.05, 4.69) is 25.9 Å². The number of hydrogen-bond acceptors (Lipinski definition) is 7. The average Bonchev–Trinajstić information content (AvgIpc) is 2.86. The zero-order valence-electron chi connectivity index (χ0n) is 18.9. The van der Waals surface area contributed by atoms with Crippen molar-refractivity contribution < 1.29 is 18.7 Å². The van der Waals surface area contributed by atoms with Gasteiger partial charge in [0.05, 0.1) is 5.56 Å². The van der Waals surface area contributed by atoms with Gasteiger partial charge in [-0.25, -0.2) is 14.4 Å². The van der Waals surface area contributed by atoms with Gasteiger partial charge in [-0.15, -0.1) is 0 Å². The smallest absolute Gasteiger partial charge is 0.254 e. The lowest BCUT2D eigenvalue weighted by Crippen LogP contribution is -2.39. The number of hydrogen-bond donors (Lipinski definition) is 3. The Morgan fingerprint density at radius 1 is 1.12 bits per heavy atom. The molecule has 0 atom stereocenters. The molecule has 0 spiro atoms. The summed E-state index contributed by atoms with van der Waals surface area (Å²) in [5.41, 5.74) is 1.16. The monoisotopic (exact) mass is 465 g/mol. The molecule has 1 aromatic heterocycles. The van der Waals surface area contributed by atoms with E-state index in [4.69, 9.17) is 9.47 Å². The van der Waals surface area contributed by atoms with Gasteiger partial charge in [0.2, 0.25) is 5.95 Å². The molecular formula is C25H28FN5O3. The number of nitrogens with zero attached hydrogens (tertiary/aromatic N) is 2. The van der Waals surface area contributed by atoms with Crippen LogP contribution in [0.15, 0.2) is 42.6 Å². The van der Waals surface area contributed by atoms with Crippen LogP contribution in [-0.2, 0) is 4.74 Å². The molecular weight excluding hydrogens is 437 g/mol. The maximum Gasteiger partial charge on any atom is 0.254 e. The van der Waals surface area contributed by atoms with Gasteiger partial charge < -0.3 is 25.4 Å². The first-order valence-corrected chi connectivity index (χ1v) is 11.7. The third kappa shape index (κ3) is 5.26. The largest absolute Gasteiger partial charge is 0.488 e. The van der Waals surface area contributed by atoms with Crippen LogP contribution in [0.3, 0.4) is 0 Å². The fourth-order valence-electron chi connectivity index (χ4n) is 4.29. The van der Waals surface area contributed by atoms with Crippen LogP contribution >= 0.6 is 0 Å². The van der Waals surface area contributed by atoms with Crippen molar-refractivity contribution >= 4 is 28.4 Å². The molecule has 2 aliphatic rings.